The molecule has 36 heavy (non-hydrogen) atoms. The monoisotopic (exact) mass is 570 g/mol. The van der Waals surface area contributed by atoms with E-state index in [0.29, 0.717) is 18.0 Å². The molecule has 1 N–H and O–H groups in total. The normalized spacial score (nSPS) is 14.0. The molecule has 0 radical (unpaired) electrons. The third-order valence-corrected chi connectivity index (χ3v) is 8.69. The molecule has 0 aliphatic heterocycles. The summed E-state index contributed by atoms with van der Waals surface area (Å²) in [7, 11) is -3.99. The second kappa shape index (κ2) is 11.5. The number of carbonyl (C=O) groups is 1. The average Bonchev–Trinajstić information content (AvgIpc) is 2.88. The second-order valence-electron chi connectivity index (χ2n) is 8.92. The molecule has 0 fully saturated rings. The highest BCUT2D eigenvalue weighted by atomic mass is 79.9. The summed E-state index contributed by atoms with van der Waals surface area (Å²) in [6.07, 6.45) is 4.55. The number of anilines is 1. The van der Waals surface area contributed by atoms with Crippen LogP contribution < -0.4 is 14.4 Å². The van der Waals surface area contributed by atoms with Gasteiger partial charge in [-0.25, -0.2) is 8.42 Å². The Morgan fingerprint density at radius 3 is 2.33 bits per heavy atom. The first kappa shape index (κ1) is 26.2. The number of halogens is 1. The summed E-state index contributed by atoms with van der Waals surface area (Å²) in [5, 5.41) is 2.99. The third-order valence-electron chi connectivity index (χ3n) is 6.37. The van der Waals surface area contributed by atoms with Crippen molar-refractivity contribution in [2.24, 2.45) is 0 Å². The summed E-state index contributed by atoms with van der Waals surface area (Å²) in [4.78, 5) is 13.3. The molecule has 6 nitrogen and oxygen atoms in total. The Morgan fingerprint density at radius 2 is 1.67 bits per heavy atom. The number of rotatable bonds is 9. The van der Waals surface area contributed by atoms with Crippen molar-refractivity contribution < 1.29 is 17.9 Å². The second-order valence-corrected chi connectivity index (χ2v) is 11.7. The quantitative estimate of drug-likeness (QED) is 0.352. The summed E-state index contributed by atoms with van der Waals surface area (Å²) in [5.41, 5.74) is 4.13. The van der Waals surface area contributed by atoms with Crippen LogP contribution in [0.5, 0.6) is 5.75 Å². The highest BCUT2D eigenvalue weighted by Gasteiger charge is 2.28. The van der Waals surface area contributed by atoms with Gasteiger partial charge in [0.15, 0.2) is 0 Å². The van der Waals surface area contributed by atoms with Crippen molar-refractivity contribution in [1.29, 1.82) is 0 Å². The molecule has 1 aliphatic carbocycles. The number of benzene rings is 3. The van der Waals surface area contributed by atoms with Crippen LogP contribution in [0.25, 0.3) is 0 Å². The summed E-state index contributed by atoms with van der Waals surface area (Å²) in [5.74, 6) is 0.252. The Labute approximate surface area is 221 Å². The van der Waals surface area contributed by atoms with E-state index in [-0.39, 0.29) is 23.4 Å². The zero-order valence-corrected chi connectivity index (χ0v) is 22.9. The van der Waals surface area contributed by atoms with E-state index < -0.39 is 10.0 Å². The molecule has 1 aliphatic rings. The fourth-order valence-electron chi connectivity index (χ4n) is 4.45. The molecule has 0 spiro atoms. The number of aryl methyl sites for hydroxylation is 2. The third kappa shape index (κ3) is 6.10. The van der Waals surface area contributed by atoms with Gasteiger partial charge in [-0.2, -0.15) is 0 Å². The van der Waals surface area contributed by atoms with Gasteiger partial charge in [-0.3, -0.25) is 9.10 Å². The van der Waals surface area contributed by atoms with Gasteiger partial charge in [0, 0.05) is 4.47 Å². The van der Waals surface area contributed by atoms with Gasteiger partial charge >= 0.3 is 0 Å². The van der Waals surface area contributed by atoms with E-state index in [0.717, 1.165) is 27.2 Å². The van der Waals surface area contributed by atoms with Gasteiger partial charge < -0.3 is 10.1 Å². The van der Waals surface area contributed by atoms with Gasteiger partial charge in [-0.15, -0.1) is 0 Å². The summed E-state index contributed by atoms with van der Waals surface area (Å²) < 4.78 is 34.6. The minimum Gasteiger partial charge on any atom is -0.494 e. The van der Waals surface area contributed by atoms with Gasteiger partial charge in [-0.05, 0) is 105 Å². The summed E-state index contributed by atoms with van der Waals surface area (Å²) >= 11 is 3.34. The number of hydrogen-bond acceptors (Lipinski definition) is 4. The molecule has 0 bridgehead atoms. The van der Waals surface area contributed by atoms with Gasteiger partial charge in [-0.1, -0.05) is 34.1 Å². The van der Waals surface area contributed by atoms with Crippen LogP contribution in [0.1, 0.15) is 49.4 Å². The van der Waals surface area contributed by atoms with Gasteiger partial charge in [0.1, 0.15) is 12.3 Å². The summed E-state index contributed by atoms with van der Waals surface area (Å²) in [6.45, 7) is 3.96. The number of sulfonamides is 1. The first-order chi connectivity index (χ1) is 17.3. The lowest BCUT2D eigenvalue weighted by Gasteiger charge is -2.26. The molecular formula is C28H31BrN2O4S. The maximum Gasteiger partial charge on any atom is 0.264 e. The smallest absolute Gasteiger partial charge is 0.264 e. The molecule has 3 aromatic carbocycles. The molecule has 8 heteroatoms. The van der Waals surface area contributed by atoms with Crippen molar-refractivity contribution in [2.45, 2.75) is 50.5 Å². The SMILES string of the molecule is CCOc1ccc(N(CC(=O)NC(C)c2ccc3c(c2)CCCC3)S(=O)(=O)c2ccc(Br)cc2)cc1. The Morgan fingerprint density at radius 1 is 1.00 bits per heavy atom. The number of amides is 1. The molecule has 1 unspecified atom stereocenters. The van der Waals surface area contributed by atoms with Crippen molar-refractivity contribution >= 4 is 37.5 Å². The Kier molecular flexibility index (Phi) is 8.36. The largest absolute Gasteiger partial charge is 0.494 e. The van der Waals surface area contributed by atoms with E-state index in [1.807, 2.05) is 13.8 Å². The topological polar surface area (TPSA) is 75.7 Å². The number of ether oxygens (including phenoxy) is 1. The minimum atomic E-state index is -3.99. The molecule has 0 saturated carbocycles. The summed E-state index contributed by atoms with van der Waals surface area (Å²) in [6, 6.07) is 19.2. The van der Waals surface area contributed by atoms with Crippen LogP contribution in [0.3, 0.4) is 0 Å². The molecule has 1 amide bonds. The van der Waals surface area contributed by atoms with Crippen LogP contribution >= 0.6 is 15.9 Å². The predicted octanol–water partition coefficient (Wildman–Crippen LogP) is 5.80. The van der Waals surface area contributed by atoms with E-state index in [2.05, 4.69) is 39.4 Å². The van der Waals surface area contributed by atoms with Gasteiger partial charge in [0.05, 0.1) is 23.2 Å². The molecule has 0 saturated heterocycles. The van der Waals surface area contributed by atoms with Crippen molar-refractivity contribution in [2.75, 3.05) is 17.5 Å². The number of fused-ring (bicyclic) bond motifs is 1. The highest BCUT2D eigenvalue weighted by molar-refractivity contribution is 9.10. The molecular weight excluding hydrogens is 540 g/mol. The van der Waals surface area contributed by atoms with E-state index in [1.54, 1.807) is 36.4 Å². The van der Waals surface area contributed by atoms with Gasteiger partial charge in [0.25, 0.3) is 10.0 Å². The Hall–Kier alpha value is -2.84. The first-order valence-corrected chi connectivity index (χ1v) is 14.4. The van der Waals surface area contributed by atoms with Gasteiger partial charge in [0.2, 0.25) is 5.91 Å². The lowest BCUT2D eigenvalue weighted by molar-refractivity contribution is -0.120. The fraction of sp³-hybridized carbons (Fsp3) is 0.321. The van der Waals surface area contributed by atoms with Crippen LogP contribution in [-0.4, -0.2) is 27.5 Å². The maximum atomic E-state index is 13.6. The molecule has 190 valence electrons. The van der Waals surface area contributed by atoms with E-state index in [4.69, 9.17) is 4.74 Å². The molecule has 3 aromatic rings. The van der Waals surface area contributed by atoms with Crippen molar-refractivity contribution in [1.82, 2.24) is 5.32 Å². The van der Waals surface area contributed by atoms with E-state index >= 15 is 0 Å². The molecule has 0 aromatic heterocycles. The van der Waals surface area contributed by atoms with Crippen LogP contribution in [-0.2, 0) is 27.7 Å². The van der Waals surface area contributed by atoms with Crippen molar-refractivity contribution in [3.05, 3.63) is 87.9 Å². The number of nitrogens with one attached hydrogen (secondary N) is 1. The number of hydrogen-bond donors (Lipinski definition) is 1. The number of nitrogens with zero attached hydrogens (tertiary/aromatic N) is 1. The predicted molar refractivity (Wildman–Crippen MR) is 146 cm³/mol. The van der Waals surface area contributed by atoms with E-state index in [9.17, 15) is 13.2 Å². The van der Waals surface area contributed by atoms with Crippen LogP contribution in [0.15, 0.2) is 76.1 Å². The first-order valence-electron chi connectivity index (χ1n) is 12.2. The maximum absolute atomic E-state index is 13.6. The van der Waals surface area contributed by atoms with E-state index in [1.165, 1.54) is 36.1 Å². The average molecular weight is 572 g/mol. The number of carbonyl (C=O) groups excluding carboxylic acids is 1. The van der Waals surface area contributed by atoms with Crippen LogP contribution in [0.4, 0.5) is 5.69 Å². The molecule has 4 rings (SSSR count). The zero-order chi connectivity index (χ0) is 25.7. The Balaban J connectivity index is 1.57. The minimum absolute atomic E-state index is 0.107. The van der Waals surface area contributed by atoms with Crippen LogP contribution in [0.2, 0.25) is 0 Å². The highest BCUT2D eigenvalue weighted by Crippen LogP contribution is 2.28. The van der Waals surface area contributed by atoms with Crippen molar-refractivity contribution in [3.63, 3.8) is 0 Å². The Bertz CT molecular complexity index is 1310. The zero-order valence-electron chi connectivity index (χ0n) is 20.5. The lowest BCUT2D eigenvalue weighted by Crippen LogP contribution is -2.41. The molecule has 0 heterocycles. The standard InChI is InChI=1S/C28H31BrN2O4S/c1-3-35-26-14-12-25(13-15-26)31(36(33,34)27-16-10-24(29)11-17-27)19-28(32)30-20(2)22-9-8-21-6-4-5-7-23(21)18-22/h8-18,20H,3-7,19H2,1-2H3,(H,30,32). The molecule has 1 atom stereocenters. The van der Waals surface area contributed by atoms with Crippen LogP contribution in [0, 0.1) is 0 Å². The lowest BCUT2D eigenvalue weighted by atomic mass is 9.89. The van der Waals surface area contributed by atoms with Crippen molar-refractivity contribution in [3.8, 4) is 5.75 Å². The fourth-order valence-corrected chi connectivity index (χ4v) is 6.13.